The monoisotopic (exact) mass is 345 g/mol. The Labute approximate surface area is 151 Å². The van der Waals surface area contributed by atoms with E-state index in [0.717, 1.165) is 44.0 Å². The molecule has 5 nitrogen and oxygen atoms in total. The number of carbonyl (C=O) groups excluding carboxylic acids is 2. The highest BCUT2D eigenvalue weighted by Crippen LogP contribution is 2.22. The number of hydrogen-bond acceptors (Lipinski definition) is 3. The van der Waals surface area contributed by atoms with Gasteiger partial charge in [-0.25, -0.2) is 0 Å². The van der Waals surface area contributed by atoms with Gasteiger partial charge in [0.2, 0.25) is 11.8 Å². The molecule has 0 saturated carbocycles. The maximum atomic E-state index is 12.6. The van der Waals surface area contributed by atoms with Gasteiger partial charge in [-0.05, 0) is 56.9 Å². The molecule has 1 fully saturated rings. The number of piperidine rings is 1. The largest absolute Gasteiger partial charge is 0.372 e. The predicted molar refractivity (Wildman–Crippen MR) is 103 cm³/mol. The first kappa shape index (κ1) is 19.3. The van der Waals surface area contributed by atoms with Crippen molar-refractivity contribution in [1.82, 2.24) is 4.90 Å². The summed E-state index contributed by atoms with van der Waals surface area (Å²) in [6.07, 6.45) is 2.22. The Morgan fingerprint density at radius 1 is 1.12 bits per heavy atom. The minimum Gasteiger partial charge on any atom is -0.372 e. The summed E-state index contributed by atoms with van der Waals surface area (Å²) in [5.74, 6) is 0.473. The average Bonchev–Trinajstić information content (AvgIpc) is 2.61. The third-order valence-corrected chi connectivity index (χ3v) is 4.97. The lowest BCUT2D eigenvalue weighted by atomic mass is 10.0. The molecule has 2 rings (SSSR count). The third kappa shape index (κ3) is 4.97. The van der Waals surface area contributed by atoms with Crippen LogP contribution < -0.4 is 9.80 Å². The van der Waals surface area contributed by atoms with Crippen LogP contribution in [0.4, 0.5) is 11.4 Å². The molecule has 0 radical (unpaired) electrons. The van der Waals surface area contributed by atoms with Gasteiger partial charge in [-0.2, -0.15) is 0 Å². The number of benzene rings is 1. The van der Waals surface area contributed by atoms with Gasteiger partial charge in [0.05, 0.1) is 0 Å². The van der Waals surface area contributed by atoms with E-state index in [9.17, 15) is 9.59 Å². The number of amides is 2. The highest BCUT2D eigenvalue weighted by atomic mass is 16.2. The van der Waals surface area contributed by atoms with Gasteiger partial charge in [-0.3, -0.25) is 9.59 Å². The molecule has 25 heavy (non-hydrogen) atoms. The van der Waals surface area contributed by atoms with Crippen molar-refractivity contribution in [3.63, 3.8) is 0 Å². The molecule has 1 aliphatic rings. The molecule has 1 unspecified atom stereocenters. The summed E-state index contributed by atoms with van der Waals surface area (Å²) in [5.41, 5.74) is 1.91. The van der Waals surface area contributed by atoms with Crippen molar-refractivity contribution in [2.75, 3.05) is 42.5 Å². The van der Waals surface area contributed by atoms with Gasteiger partial charge in [0.25, 0.3) is 0 Å². The highest BCUT2D eigenvalue weighted by Gasteiger charge is 2.24. The van der Waals surface area contributed by atoms with Crippen LogP contribution >= 0.6 is 0 Å². The summed E-state index contributed by atoms with van der Waals surface area (Å²) in [6, 6.07) is 7.90. The number of anilines is 2. The maximum absolute atomic E-state index is 12.6. The van der Waals surface area contributed by atoms with E-state index in [1.807, 2.05) is 29.2 Å². The van der Waals surface area contributed by atoms with Crippen LogP contribution in [0.3, 0.4) is 0 Å². The second-order valence-electron chi connectivity index (χ2n) is 6.88. The van der Waals surface area contributed by atoms with Gasteiger partial charge < -0.3 is 14.7 Å². The van der Waals surface area contributed by atoms with E-state index in [1.54, 1.807) is 4.90 Å². The Morgan fingerprint density at radius 2 is 1.72 bits per heavy atom. The molecule has 1 heterocycles. The maximum Gasteiger partial charge on any atom is 0.242 e. The summed E-state index contributed by atoms with van der Waals surface area (Å²) in [5, 5.41) is 0. The lowest BCUT2D eigenvalue weighted by Crippen LogP contribution is -2.46. The SMILES string of the molecule is CCN(CC)c1ccc(N(CC(=O)N2CCCC(C)C2)C(C)=O)cc1. The minimum absolute atomic E-state index is 0.0366. The van der Waals surface area contributed by atoms with Crippen LogP contribution in [0, 0.1) is 5.92 Å². The summed E-state index contributed by atoms with van der Waals surface area (Å²) in [6.45, 7) is 11.5. The standard InChI is InChI=1S/C20H31N3O2/c1-5-21(6-2)18-9-11-19(12-10-18)23(17(4)24)15-20(25)22-13-7-8-16(3)14-22/h9-12,16H,5-8,13-15H2,1-4H3. The molecule has 0 N–H and O–H groups in total. The van der Waals surface area contributed by atoms with Crippen molar-refractivity contribution in [3.8, 4) is 0 Å². The number of hydrogen-bond donors (Lipinski definition) is 0. The van der Waals surface area contributed by atoms with Crippen molar-refractivity contribution in [3.05, 3.63) is 24.3 Å². The summed E-state index contributed by atoms with van der Waals surface area (Å²) in [4.78, 5) is 30.5. The molecule has 0 aliphatic carbocycles. The molecular weight excluding hydrogens is 314 g/mol. The van der Waals surface area contributed by atoms with Crippen LogP contribution in [0.5, 0.6) is 0 Å². The second kappa shape index (κ2) is 8.88. The Balaban J connectivity index is 2.09. The Morgan fingerprint density at radius 3 is 2.24 bits per heavy atom. The van der Waals surface area contributed by atoms with E-state index >= 15 is 0 Å². The van der Waals surface area contributed by atoms with Crippen LogP contribution in [0.25, 0.3) is 0 Å². The Bertz CT molecular complexity index is 581. The zero-order valence-electron chi connectivity index (χ0n) is 16.0. The van der Waals surface area contributed by atoms with E-state index in [-0.39, 0.29) is 18.4 Å². The predicted octanol–water partition coefficient (Wildman–Crippen LogP) is 3.14. The quantitative estimate of drug-likeness (QED) is 0.795. The summed E-state index contributed by atoms with van der Waals surface area (Å²) >= 11 is 0. The van der Waals surface area contributed by atoms with Crippen LogP contribution in [0.1, 0.15) is 40.5 Å². The molecule has 1 saturated heterocycles. The van der Waals surface area contributed by atoms with Crippen LogP contribution in [-0.4, -0.2) is 49.4 Å². The normalized spacial score (nSPS) is 17.3. The minimum atomic E-state index is -0.103. The van der Waals surface area contributed by atoms with Crippen molar-refractivity contribution in [2.45, 2.75) is 40.5 Å². The smallest absolute Gasteiger partial charge is 0.242 e. The van der Waals surface area contributed by atoms with Crippen molar-refractivity contribution in [1.29, 1.82) is 0 Å². The molecule has 2 amide bonds. The first-order valence-corrected chi connectivity index (χ1v) is 9.37. The second-order valence-corrected chi connectivity index (χ2v) is 6.88. The zero-order valence-corrected chi connectivity index (χ0v) is 16.0. The van der Waals surface area contributed by atoms with Gasteiger partial charge in [-0.1, -0.05) is 6.92 Å². The fourth-order valence-corrected chi connectivity index (χ4v) is 3.47. The van der Waals surface area contributed by atoms with Crippen molar-refractivity contribution in [2.24, 2.45) is 5.92 Å². The van der Waals surface area contributed by atoms with E-state index in [1.165, 1.54) is 13.3 Å². The lowest BCUT2D eigenvalue weighted by molar-refractivity contribution is -0.132. The van der Waals surface area contributed by atoms with Crippen LogP contribution in [0.15, 0.2) is 24.3 Å². The number of rotatable bonds is 6. The van der Waals surface area contributed by atoms with Gasteiger partial charge in [0.15, 0.2) is 0 Å². The average molecular weight is 345 g/mol. The summed E-state index contributed by atoms with van der Waals surface area (Å²) < 4.78 is 0. The first-order valence-electron chi connectivity index (χ1n) is 9.37. The fraction of sp³-hybridized carbons (Fsp3) is 0.600. The molecular formula is C20H31N3O2. The molecule has 1 aliphatic heterocycles. The van der Waals surface area contributed by atoms with Crippen molar-refractivity contribution < 1.29 is 9.59 Å². The molecule has 1 atom stereocenters. The van der Waals surface area contributed by atoms with E-state index in [2.05, 4.69) is 25.7 Å². The van der Waals surface area contributed by atoms with E-state index in [0.29, 0.717) is 5.92 Å². The molecule has 0 aromatic heterocycles. The number of nitrogens with zero attached hydrogens (tertiary/aromatic N) is 3. The number of carbonyl (C=O) groups is 2. The zero-order chi connectivity index (χ0) is 18.4. The molecule has 5 heteroatoms. The van der Waals surface area contributed by atoms with E-state index < -0.39 is 0 Å². The van der Waals surface area contributed by atoms with Gasteiger partial charge in [0.1, 0.15) is 6.54 Å². The Kier molecular flexibility index (Phi) is 6.85. The third-order valence-electron chi connectivity index (χ3n) is 4.97. The first-order chi connectivity index (χ1) is 12.0. The molecule has 0 bridgehead atoms. The molecule has 0 spiro atoms. The fourth-order valence-electron chi connectivity index (χ4n) is 3.47. The van der Waals surface area contributed by atoms with E-state index in [4.69, 9.17) is 0 Å². The molecule has 138 valence electrons. The van der Waals surface area contributed by atoms with Gasteiger partial charge in [0, 0.05) is 44.5 Å². The van der Waals surface area contributed by atoms with Crippen LogP contribution in [0.2, 0.25) is 0 Å². The van der Waals surface area contributed by atoms with Gasteiger partial charge >= 0.3 is 0 Å². The summed E-state index contributed by atoms with van der Waals surface area (Å²) in [7, 11) is 0. The lowest BCUT2D eigenvalue weighted by Gasteiger charge is -2.33. The Hall–Kier alpha value is -2.04. The van der Waals surface area contributed by atoms with Crippen LogP contribution in [-0.2, 0) is 9.59 Å². The molecule has 1 aromatic rings. The highest BCUT2D eigenvalue weighted by molar-refractivity contribution is 5.97. The van der Waals surface area contributed by atoms with Crippen molar-refractivity contribution >= 4 is 23.2 Å². The molecule has 1 aromatic carbocycles. The number of likely N-dealkylation sites (tertiary alicyclic amines) is 1. The van der Waals surface area contributed by atoms with Gasteiger partial charge in [-0.15, -0.1) is 0 Å². The topological polar surface area (TPSA) is 43.9 Å².